The Labute approximate surface area is 228 Å². The van der Waals surface area contributed by atoms with Crippen molar-refractivity contribution >= 4 is 47.5 Å². The Hall–Kier alpha value is -4.73. The van der Waals surface area contributed by atoms with Gasteiger partial charge in [0.25, 0.3) is 0 Å². The average Bonchev–Trinajstić information content (AvgIpc) is 2.85. The minimum atomic E-state index is -5.08. The number of halogens is 3. The van der Waals surface area contributed by atoms with E-state index in [0.29, 0.717) is 0 Å². The number of rotatable bonds is 16. The number of aliphatic carboxylic acids is 3. The zero-order valence-corrected chi connectivity index (χ0v) is 21.1. The van der Waals surface area contributed by atoms with E-state index in [0.717, 1.165) is 0 Å². The number of nitrogens with one attached hydrogen (secondary N) is 4. The Bertz CT molecular complexity index is 974. The van der Waals surface area contributed by atoms with Crippen LogP contribution >= 0.6 is 0 Å². The van der Waals surface area contributed by atoms with Gasteiger partial charge in [-0.1, -0.05) is 0 Å². The standard InChI is InChI=1S/C17H30N8O9.C2HF3O2/c18-8(7-26)14(32)25-10(4-12(28)29)16(34)22-5-11(27)24-9(2-1-3-21-17(19)20)15(33)23-6-13(30)31;3-2(4,5)1(6)7/h8-10,26H,1-7,18H2,(H,22,34)(H,23,33)(H,24,27)(H,25,32)(H,28,29)(H,30,31)(H4,19,20,21);(H,6,7)/t8-,9-,10-;/m0./s1. The molecule has 0 fully saturated rings. The summed E-state index contributed by atoms with van der Waals surface area (Å²) in [7, 11) is 0. The minimum absolute atomic E-state index is 0.0265. The van der Waals surface area contributed by atoms with Crippen molar-refractivity contribution in [2.24, 2.45) is 22.2 Å². The third-order valence-corrected chi connectivity index (χ3v) is 4.22. The quantitative estimate of drug-likeness (QED) is 0.0445. The Morgan fingerprint density at radius 3 is 1.76 bits per heavy atom. The summed E-state index contributed by atoms with van der Waals surface area (Å²) < 4.78 is 31.7. The first kappa shape index (κ1) is 38.4. The summed E-state index contributed by atoms with van der Waals surface area (Å²) in [6, 6.07) is -4.17. The fourth-order valence-corrected chi connectivity index (χ4v) is 2.34. The van der Waals surface area contributed by atoms with E-state index in [-0.39, 0.29) is 25.3 Å². The molecule has 0 spiro atoms. The second kappa shape index (κ2) is 19.3. The van der Waals surface area contributed by atoms with Crippen molar-refractivity contribution in [2.75, 3.05) is 26.2 Å². The highest BCUT2D eigenvalue weighted by Crippen LogP contribution is 2.13. The first-order valence-electron chi connectivity index (χ1n) is 11.1. The van der Waals surface area contributed by atoms with Crippen molar-refractivity contribution < 1.29 is 67.2 Å². The molecule has 19 nitrogen and oxygen atoms in total. The zero-order chi connectivity index (χ0) is 32.3. The third kappa shape index (κ3) is 19.9. The van der Waals surface area contributed by atoms with Gasteiger partial charge in [-0.15, -0.1) is 0 Å². The molecule has 22 heteroatoms. The van der Waals surface area contributed by atoms with Crippen LogP contribution in [0.2, 0.25) is 0 Å². The van der Waals surface area contributed by atoms with Crippen LogP contribution in [-0.4, -0.2) is 118 Å². The van der Waals surface area contributed by atoms with E-state index in [4.69, 9.17) is 42.4 Å². The fraction of sp³-hybridized carbons (Fsp3) is 0.579. The lowest BCUT2D eigenvalue weighted by Gasteiger charge is -2.20. The summed E-state index contributed by atoms with van der Waals surface area (Å²) in [6.45, 7) is -2.01. The van der Waals surface area contributed by atoms with E-state index in [1.165, 1.54) is 0 Å². The third-order valence-electron chi connectivity index (χ3n) is 4.22. The molecule has 0 heterocycles. The maximum atomic E-state index is 12.2. The molecular formula is C19H31F3N8O11. The summed E-state index contributed by atoms with van der Waals surface area (Å²) in [5, 5.41) is 42.2. The molecule has 3 atom stereocenters. The van der Waals surface area contributed by atoms with Gasteiger partial charge in [-0.3, -0.25) is 33.8 Å². The first-order chi connectivity index (χ1) is 18.8. The lowest BCUT2D eigenvalue weighted by Crippen LogP contribution is -2.55. The Morgan fingerprint density at radius 2 is 1.32 bits per heavy atom. The SMILES string of the molecule is NC(N)=NCCC[C@H](NC(=O)CNC(=O)[C@H](CC(=O)O)NC(=O)[C@@H](N)CO)C(=O)NCC(=O)O.O=C(O)C(F)(F)F. The van der Waals surface area contributed by atoms with Gasteiger partial charge in [0.05, 0.1) is 19.6 Å². The van der Waals surface area contributed by atoms with Crippen LogP contribution < -0.4 is 38.5 Å². The van der Waals surface area contributed by atoms with Crippen LogP contribution in [0.4, 0.5) is 13.2 Å². The second-order valence-electron chi connectivity index (χ2n) is 7.65. The van der Waals surface area contributed by atoms with Crippen LogP contribution in [0, 0.1) is 0 Å². The van der Waals surface area contributed by atoms with Crippen LogP contribution in [0.3, 0.4) is 0 Å². The maximum Gasteiger partial charge on any atom is 0.490 e. The number of hydrogen-bond donors (Lipinski definition) is 11. The van der Waals surface area contributed by atoms with Crippen LogP contribution in [0.25, 0.3) is 0 Å². The highest BCUT2D eigenvalue weighted by Gasteiger charge is 2.38. The van der Waals surface area contributed by atoms with E-state index in [1.54, 1.807) is 0 Å². The summed E-state index contributed by atoms with van der Waals surface area (Å²) in [5.74, 6) is -9.36. The zero-order valence-electron chi connectivity index (χ0n) is 21.1. The number of nitrogens with two attached hydrogens (primary N) is 3. The molecule has 4 amide bonds. The number of hydrogen-bond acceptors (Lipinski definition) is 10. The van der Waals surface area contributed by atoms with Crippen molar-refractivity contribution in [3.8, 4) is 0 Å². The lowest BCUT2D eigenvalue weighted by molar-refractivity contribution is -0.192. The molecule has 234 valence electrons. The Kier molecular flexibility index (Phi) is 18.1. The summed E-state index contributed by atoms with van der Waals surface area (Å²) in [4.78, 5) is 82.6. The summed E-state index contributed by atoms with van der Waals surface area (Å²) >= 11 is 0. The number of carboxylic acids is 3. The van der Waals surface area contributed by atoms with Gasteiger partial charge in [0.1, 0.15) is 24.7 Å². The number of carbonyl (C=O) groups is 7. The molecule has 0 aliphatic rings. The largest absolute Gasteiger partial charge is 0.490 e. The van der Waals surface area contributed by atoms with Crippen molar-refractivity contribution in [3.63, 3.8) is 0 Å². The minimum Gasteiger partial charge on any atom is -0.481 e. The number of carbonyl (C=O) groups excluding carboxylic acids is 4. The molecule has 41 heavy (non-hydrogen) atoms. The number of carboxylic acid groups (broad SMARTS) is 3. The predicted octanol–water partition coefficient (Wildman–Crippen LogP) is -5.25. The van der Waals surface area contributed by atoms with Crippen LogP contribution in [0.15, 0.2) is 4.99 Å². The number of guanidine groups is 1. The first-order valence-corrected chi connectivity index (χ1v) is 11.1. The molecular weight excluding hydrogens is 573 g/mol. The number of alkyl halides is 3. The Morgan fingerprint density at radius 1 is 0.805 bits per heavy atom. The molecule has 0 aliphatic heterocycles. The van der Waals surface area contributed by atoms with E-state index in [2.05, 4.69) is 26.3 Å². The summed E-state index contributed by atoms with van der Waals surface area (Å²) in [6.07, 6.45) is -5.64. The van der Waals surface area contributed by atoms with E-state index < -0.39 is 92.0 Å². The molecule has 14 N–H and O–H groups in total. The van der Waals surface area contributed by atoms with Crippen LogP contribution in [0.5, 0.6) is 0 Å². The van der Waals surface area contributed by atoms with Gasteiger partial charge in [0.15, 0.2) is 5.96 Å². The number of aliphatic imine (C=N–C) groups is 1. The average molecular weight is 604 g/mol. The van der Waals surface area contributed by atoms with Gasteiger partial charge in [-0.25, -0.2) is 4.79 Å². The van der Waals surface area contributed by atoms with Gasteiger partial charge in [0.2, 0.25) is 23.6 Å². The molecule has 0 bridgehead atoms. The monoisotopic (exact) mass is 604 g/mol. The van der Waals surface area contributed by atoms with Crippen molar-refractivity contribution in [2.45, 2.75) is 43.6 Å². The number of aliphatic hydroxyl groups excluding tert-OH is 1. The van der Waals surface area contributed by atoms with Crippen LogP contribution in [0.1, 0.15) is 19.3 Å². The maximum absolute atomic E-state index is 12.2. The van der Waals surface area contributed by atoms with Crippen molar-refractivity contribution in [1.82, 2.24) is 21.3 Å². The highest BCUT2D eigenvalue weighted by atomic mass is 19.4. The lowest BCUT2D eigenvalue weighted by atomic mass is 10.1. The molecule has 0 rings (SSSR count). The van der Waals surface area contributed by atoms with E-state index in [9.17, 15) is 41.9 Å². The second-order valence-corrected chi connectivity index (χ2v) is 7.65. The number of aliphatic hydroxyl groups is 1. The smallest absolute Gasteiger partial charge is 0.481 e. The fourth-order valence-electron chi connectivity index (χ4n) is 2.34. The highest BCUT2D eigenvalue weighted by molar-refractivity contribution is 5.95. The van der Waals surface area contributed by atoms with Crippen molar-refractivity contribution in [3.05, 3.63) is 0 Å². The van der Waals surface area contributed by atoms with Gasteiger partial charge in [-0.2, -0.15) is 13.2 Å². The van der Waals surface area contributed by atoms with E-state index in [1.807, 2.05) is 0 Å². The predicted molar refractivity (Wildman–Crippen MR) is 128 cm³/mol. The molecule has 0 saturated heterocycles. The molecule has 0 saturated carbocycles. The molecule has 0 aromatic rings. The van der Waals surface area contributed by atoms with Gasteiger partial charge in [-0.05, 0) is 12.8 Å². The van der Waals surface area contributed by atoms with Gasteiger partial charge >= 0.3 is 24.1 Å². The van der Waals surface area contributed by atoms with Crippen LogP contribution in [-0.2, 0) is 33.6 Å². The topological polar surface area (TPSA) is 339 Å². The normalized spacial score (nSPS) is 12.6. The summed E-state index contributed by atoms with van der Waals surface area (Å²) in [5.41, 5.74) is 15.7. The van der Waals surface area contributed by atoms with Gasteiger partial charge < -0.3 is 58.9 Å². The Balaban J connectivity index is 0. The van der Waals surface area contributed by atoms with Gasteiger partial charge in [0, 0.05) is 6.54 Å². The number of amides is 4. The molecule has 0 aromatic carbocycles. The molecule has 0 aromatic heterocycles. The van der Waals surface area contributed by atoms with E-state index >= 15 is 0 Å². The molecule has 0 aliphatic carbocycles. The van der Waals surface area contributed by atoms with Crippen molar-refractivity contribution in [1.29, 1.82) is 0 Å². The molecule has 0 unspecified atom stereocenters. The number of nitrogens with zero attached hydrogens (tertiary/aromatic N) is 1. The molecule has 0 radical (unpaired) electrons.